The van der Waals surface area contributed by atoms with Crippen LogP contribution in [0.4, 0.5) is 0 Å². The Hall–Kier alpha value is -2.04. The van der Waals surface area contributed by atoms with Gasteiger partial charge >= 0.3 is 0 Å². The molecule has 5 nitrogen and oxygen atoms in total. The predicted molar refractivity (Wildman–Crippen MR) is 71.5 cm³/mol. The fraction of sp³-hybridized carbons (Fsp3) is 0.429. The first-order chi connectivity index (χ1) is 9.15. The molecule has 0 spiro atoms. The van der Waals surface area contributed by atoms with Crippen LogP contribution in [0, 0.1) is 5.92 Å². The van der Waals surface area contributed by atoms with E-state index in [9.17, 15) is 4.79 Å². The molecule has 0 radical (unpaired) electrons. The Morgan fingerprint density at radius 1 is 1.37 bits per heavy atom. The summed E-state index contributed by atoms with van der Waals surface area (Å²) in [6.45, 7) is 5.02. The molecule has 0 amide bonds. The highest BCUT2D eigenvalue weighted by atomic mass is 16.1. The highest BCUT2D eigenvalue weighted by Gasteiger charge is 2.11. The Labute approximate surface area is 112 Å². The fourth-order valence-electron chi connectivity index (χ4n) is 1.89. The van der Waals surface area contributed by atoms with E-state index >= 15 is 0 Å². The van der Waals surface area contributed by atoms with Gasteiger partial charge in [0.1, 0.15) is 17.9 Å². The zero-order valence-electron chi connectivity index (χ0n) is 11.3. The number of carbonyl (C=O) groups excluding carboxylic acids is 1. The van der Waals surface area contributed by atoms with Crippen LogP contribution >= 0.6 is 0 Å². The second kappa shape index (κ2) is 6.22. The SMILES string of the molecule is CC(C)Cn1ncnc1CC(=O)Cc1cccnc1. The molecule has 0 aliphatic rings. The summed E-state index contributed by atoms with van der Waals surface area (Å²) in [4.78, 5) is 20.2. The lowest BCUT2D eigenvalue weighted by molar-refractivity contribution is -0.117. The van der Waals surface area contributed by atoms with Gasteiger partial charge in [0.05, 0.1) is 6.42 Å². The lowest BCUT2D eigenvalue weighted by Gasteiger charge is -2.08. The molecule has 0 N–H and O–H groups in total. The number of ketones is 1. The zero-order valence-corrected chi connectivity index (χ0v) is 11.3. The summed E-state index contributed by atoms with van der Waals surface area (Å²) in [5, 5.41) is 4.16. The highest BCUT2D eigenvalue weighted by Crippen LogP contribution is 2.05. The second-order valence-corrected chi connectivity index (χ2v) is 5.01. The third kappa shape index (κ3) is 3.98. The van der Waals surface area contributed by atoms with E-state index in [-0.39, 0.29) is 5.78 Å². The molecule has 0 aliphatic heterocycles. The zero-order chi connectivity index (χ0) is 13.7. The maximum absolute atomic E-state index is 12.0. The summed E-state index contributed by atoms with van der Waals surface area (Å²) < 4.78 is 1.81. The summed E-state index contributed by atoms with van der Waals surface area (Å²) in [6, 6.07) is 3.74. The minimum Gasteiger partial charge on any atom is -0.299 e. The van der Waals surface area contributed by atoms with E-state index in [4.69, 9.17) is 0 Å². The minimum absolute atomic E-state index is 0.131. The van der Waals surface area contributed by atoms with Crippen molar-refractivity contribution in [3.63, 3.8) is 0 Å². The van der Waals surface area contributed by atoms with Gasteiger partial charge in [0, 0.05) is 25.4 Å². The van der Waals surface area contributed by atoms with Gasteiger partial charge in [-0.15, -0.1) is 0 Å². The molecule has 2 aromatic heterocycles. The van der Waals surface area contributed by atoms with Crippen LogP contribution in [0.1, 0.15) is 25.2 Å². The molecular weight excluding hydrogens is 240 g/mol. The molecule has 0 atom stereocenters. The van der Waals surface area contributed by atoms with Crippen molar-refractivity contribution in [3.8, 4) is 0 Å². The molecule has 0 aliphatic carbocycles. The Balaban J connectivity index is 1.97. The summed E-state index contributed by atoms with van der Waals surface area (Å²) in [6.07, 6.45) is 5.64. The molecule has 5 heteroatoms. The number of nitrogens with zero attached hydrogens (tertiary/aromatic N) is 4. The summed E-state index contributed by atoms with van der Waals surface area (Å²) in [7, 11) is 0. The van der Waals surface area contributed by atoms with Crippen molar-refractivity contribution in [3.05, 3.63) is 42.2 Å². The number of hydrogen-bond donors (Lipinski definition) is 0. The number of carbonyl (C=O) groups is 1. The van der Waals surface area contributed by atoms with Crippen molar-refractivity contribution in [1.82, 2.24) is 19.7 Å². The van der Waals surface area contributed by atoms with E-state index in [1.807, 2.05) is 16.8 Å². The molecule has 2 rings (SSSR count). The van der Waals surface area contributed by atoms with Crippen LogP contribution < -0.4 is 0 Å². The van der Waals surface area contributed by atoms with Crippen molar-refractivity contribution < 1.29 is 4.79 Å². The average molecular weight is 258 g/mol. The lowest BCUT2D eigenvalue weighted by Crippen LogP contribution is -2.15. The van der Waals surface area contributed by atoms with Gasteiger partial charge in [-0.25, -0.2) is 9.67 Å². The van der Waals surface area contributed by atoms with E-state index in [1.54, 1.807) is 12.4 Å². The molecule has 2 aromatic rings. The topological polar surface area (TPSA) is 60.7 Å². The van der Waals surface area contributed by atoms with Crippen molar-refractivity contribution in [2.24, 2.45) is 5.92 Å². The van der Waals surface area contributed by atoms with Crippen LogP contribution in [0.15, 0.2) is 30.9 Å². The molecule has 0 fully saturated rings. The van der Waals surface area contributed by atoms with Gasteiger partial charge in [0.15, 0.2) is 0 Å². The van der Waals surface area contributed by atoms with Crippen molar-refractivity contribution in [2.45, 2.75) is 33.2 Å². The van der Waals surface area contributed by atoms with E-state index in [1.165, 1.54) is 6.33 Å². The number of Topliss-reactive ketones (excluding diaryl/α,β-unsaturated/α-hetero) is 1. The number of hydrogen-bond acceptors (Lipinski definition) is 4. The first kappa shape index (κ1) is 13.4. The lowest BCUT2D eigenvalue weighted by atomic mass is 10.1. The Morgan fingerprint density at radius 3 is 2.89 bits per heavy atom. The molecule has 2 heterocycles. The Kier molecular flexibility index (Phi) is 4.39. The monoisotopic (exact) mass is 258 g/mol. The van der Waals surface area contributed by atoms with Crippen LogP contribution in [0.5, 0.6) is 0 Å². The third-order valence-electron chi connectivity index (χ3n) is 2.71. The largest absolute Gasteiger partial charge is 0.299 e. The maximum atomic E-state index is 12.0. The van der Waals surface area contributed by atoms with E-state index in [0.29, 0.717) is 18.8 Å². The van der Waals surface area contributed by atoms with Gasteiger partial charge in [-0.2, -0.15) is 5.10 Å². The number of pyridine rings is 1. The maximum Gasteiger partial charge on any atom is 0.144 e. The van der Waals surface area contributed by atoms with Gasteiger partial charge in [-0.3, -0.25) is 9.78 Å². The standard InChI is InChI=1S/C14H18N4O/c1-11(2)9-18-14(16-10-17-18)7-13(19)6-12-4-3-5-15-8-12/h3-5,8,10-11H,6-7,9H2,1-2H3. The van der Waals surface area contributed by atoms with Crippen LogP contribution in [0.25, 0.3) is 0 Å². The molecule has 0 saturated heterocycles. The Morgan fingerprint density at radius 2 is 2.21 bits per heavy atom. The first-order valence-electron chi connectivity index (χ1n) is 6.42. The fourth-order valence-corrected chi connectivity index (χ4v) is 1.89. The second-order valence-electron chi connectivity index (χ2n) is 5.01. The predicted octanol–water partition coefficient (Wildman–Crippen LogP) is 1.68. The van der Waals surface area contributed by atoms with Gasteiger partial charge < -0.3 is 0 Å². The molecule has 0 saturated carbocycles. The Bertz CT molecular complexity index is 533. The van der Waals surface area contributed by atoms with Gasteiger partial charge in [-0.1, -0.05) is 19.9 Å². The molecule has 100 valence electrons. The van der Waals surface area contributed by atoms with Crippen LogP contribution in [0.2, 0.25) is 0 Å². The first-order valence-corrected chi connectivity index (χ1v) is 6.42. The highest BCUT2D eigenvalue weighted by molar-refractivity contribution is 5.82. The van der Waals surface area contributed by atoms with Gasteiger partial charge in [0.2, 0.25) is 0 Å². The number of aromatic nitrogens is 4. The van der Waals surface area contributed by atoms with Gasteiger partial charge in [0.25, 0.3) is 0 Å². The van der Waals surface area contributed by atoms with Crippen LogP contribution in [-0.4, -0.2) is 25.5 Å². The van der Waals surface area contributed by atoms with Gasteiger partial charge in [-0.05, 0) is 17.5 Å². The molecular formula is C14H18N4O. The van der Waals surface area contributed by atoms with E-state index < -0.39 is 0 Å². The normalized spacial score (nSPS) is 10.9. The van der Waals surface area contributed by atoms with E-state index in [2.05, 4.69) is 28.9 Å². The van der Waals surface area contributed by atoms with Crippen molar-refractivity contribution in [2.75, 3.05) is 0 Å². The van der Waals surface area contributed by atoms with Crippen molar-refractivity contribution >= 4 is 5.78 Å². The molecule has 0 aromatic carbocycles. The minimum atomic E-state index is 0.131. The third-order valence-corrected chi connectivity index (χ3v) is 2.71. The summed E-state index contributed by atoms with van der Waals surface area (Å²) >= 11 is 0. The quantitative estimate of drug-likeness (QED) is 0.791. The van der Waals surface area contributed by atoms with Crippen LogP contribution in [0.3, 0.4) is 0 Å². The summed E-state index contributed by atoms with van der Waals surface area (Å²) in [5.74, 6) is 1.35. The van der Waals surface area contributed by atoms with Crippen LogP contribution in [-0.2, 0) is 24.2 Å². The van der Waals surface area contributed by atoms with E-state index in [0.717, 1.165) is 17.9 Å². The molecule has 19 heavy (non-hydrogen) atoms. The van der Waals surface area contributed by atoms with Crippen molar-refractivity contribution in [1.29, 1.82) is 0 Å². The number of rotatable bonds is 6. The molecule has 0 bridgehead atoms. The smallest absolute Gasteiger partial charge is 0.144 e. The summed E-state index contributed by atoms with van der Waals surface area (Å²) in [5.41, 5.74) is 0.933. The average Bonchev–Trinajstić information content (AvgIpc) is 2.77. The molecule has 0 unspecified atom stereocenters.